The predicted molar refractivity (Wildman–Crippen MR) is 72.7 cm³/mol. The van der Waals surface area contributed by atoms with E-state index >= 15 is 0 Å². The third-order valence-corrected chi connectivity index (χ3v) is 2.84. The Hall–Kier alpha value is -1.63. The minimum Gasteiger partial charge on any atom is -0.439 e. The third kappa shape index (κ3) is 3.66. The Morgan fingerprint density at radius 3 is 3.00 bits per heavy atom. The fraction of sp³-hybridized carbons (Fsp3) is 0.462. The van der Waals surface area contributed by atoms with Gasteiger partial charge in [-0.25, -0.2) is 4.98 Å². The number of anilines is 1. The number of nitrogens with two attached hydrogens (primary N) is 1. The molecule has 2 rings (SSSR count). The topological polar surface area (TPSA) is 84.8 Å². The van der Waals surface area contributed by atoms with E-state index in [1.54, 1.807) is 19.2 Å². The predicted octanol–water partition coefficient (Wildman–Crippen LogP) is 0.851. The van der Waals surface area contributed by atoms with Gasteiger partial charge in [0, 0.05) is 25.9 Å². The molecule has 0 radical (unpaired) electrons. The first kappa shape index (κ1) is 13.8. The highest BCUT2D eigenvalue weighted by Crippen LogP contribution is 2.19. The van der Waals surface area contributed by atoms with Gasteiger partial charge in [-0.1, -0.05) is 0 Å². The maximum atomic E-state index is 9.04. The van der Waals surface area contributed by atoms with Crippen LogP contribution in [0.25, 0.3) is 11.1 Å². The number of nitrogens with zero attached hydrogens (tertiary/aromatic N) is 2. The number of methoxy groups -OCH3 is 1. The molecule has 6 heteroatoms. The third-order valence-electron chi connectivity index (χ3n) is 2.84. The van der Waals surface area contributed by atoms with Crippen molar-refractivity contribution < 1.29 is 14.3 Å². The van der Waals surface area contributed by atoms with Gasteiger partial charge in [-0.05, 0) is 18.2 Å². The molecule has 0 bridgehead atoms. The zero-order valence-electron chi connectivity index (χ0n) is 11.0. The van der Waals surface area contributed by atoms with Crippen molar-refractivity contribution in [2.75, 3.05) is 39.1 Å². The number of ether oxygens (including phenoxy) is 1. The Labute approximate surface area is 111 Å². The largest absolute Gasteiger partial charge is 0.439 e. The monoisotopic (exact) mass is 265 g/mol. The Bertz CT molecular complexity index is 527. The van der Waals surface area contributed by atoms with Crippen LogP contribution in [0.1, 0.15) is 5.89 Å². The van der Waals surface area contributed by atoms with Crippen LogP contribution in [0.4, 0.5) is 5.69 Å². The molecule has 0 aliphatic carbocycles. The number of aromatic nitrogens is 1. The number of rotatable bonds is 7. The zero-order chi connectivity index (χ0) is 13.7. The van der Waals surface area contributed by atoms with Crippen LogP contribution in [0.3, 0.4) is 0 Å². The summed E-state index contributed by atoms with van der Waals surface area (Å²) < 4.78 is 10.7. The van der Waals surface area contributed by atoms with Gasteiger partial charge >= 0.3 is 0 Å². The van der Waals surface area contributed by atoms with Crippen LogP contribution < -0.4 is 5.73 Å². The van der Waals surface area contributed by atoms with Crippen LogP contribution in [0.2, 0.25) is 0 Å². The zero-order valence-corrected chi connectivity index (χ0v) is 11.0. The van der Waals surface area contributed by atoms with Crippen molar-refractivity contribution in [3.63, 3.8) is 0 Å². The van der Waals surface area contributed by atoms with Crippen LogP contribution in [-0.2, 0) is 11.3 Å². The number of nitrogen functional groups attached to an aromatic ring is 1. The Morgan fingerprint density at radius 2 is 2.26 bits per heavy atom. The molecule has 0 saturated heterocycles. The van der Waals surface area contributed by atoms with Gasteiger partial charge in [-0.2, -0.15) is 0 Å². The quantitative estimate of drug-likeness (QED) is 0.722. The SMILES string of the molecule is COCCN(CCO)Cc1nc2cc(N)ccc2o1. The van der Waals surface area contributed by atoms with Gasteiger partial charge in [0.15, 0.2) is 5.58 Å². The highest BCUT2D eigenvalue weighted by atomic mass is 16.5. The molecule has 6 nitrogen and oxygen atoms in total. The first-order chi connectivity index (χ1) is 9.22. The van der Waals surface area contributed by atoms with Crippen LogP contribution in [0.5, 0.6) is 0 Å². The molecule has 104 valence electrons. The maximum Gasteiger partial charge on any atom is 0.209 e. The van der Waals surface area contributed by atoms with E-state index < -0.39 is 0 Å². The van der Waals surface area contributed by atoms with Crippen molar-refractivity contribution in [2.45, 2.75) is 6.54 Å². The highest BCUT2D eigenvalue weighted by Gasteiger charge is 2.11. The van der Waals surface area contributed by atoms with Crippen molar-refractivity contribution in [1.82, 2.24) is 9.88 Å². The second-order valence-corrected chi connectivity index (χ2v) is 4.33. The lowest BCUT2D eigenvalue weighted by molar-refractivity contribution is 0.121. The molecule has 1 aromatic heterocycles. The van der Waals surface area contributed by atoms with E-state index in [0.717, 1.165) is 17.6 Å². The van der Waals surface area contributed by atoms with Gasteiger partial charge in [-0.3, -0.25) is 4.90 Å². The van der Waals surface area contributed by atoms with Crippen molar-refractivity contribution in [2.24, 2.45) is 0 Å². The number of fused-ring (bicyclic) bond motifs is 1. The summed E-state index contributed by atoms with van der Waals surface area (Å²) in [5.74, 6) is 0.616. The number of hydrogen-bond acceptors (Lipinski definition) is 6. The molecular formula is C13H19N3O3. The van der Waals surface area contributed by atoms with Crippen LogP contribution in [0.15, 0.2) is 22.6 Å². The summed E-state index contributed by atoms with van der Waals surface area (Å²) in [6.45, 7) is 2.52. The van der Waals surface area contributed by atoms with Gasteiger partial charge in [0.25, 0.3) is 0 Å². The average molecular weight is 265 g/mol. The molecule has 19 heavy (non-hydrogen) atoms. The lowest BCUT2D eigenvalue weighted by Gasteiger charge is -2.18. The standard InChI is InChI=1S/C13H19N3O3/c1-18-7-5-16(4-6-17)9-13-15-11-8-10(14)2-3-12(11)19-13/h2-3,8,17H,4-7,9,14H2,1H3. The molecule has 0 aliphatic heterocycles. The summed E-state index contributed by atoms with van der Waals surface area (Å²) in [5, 5.41) is 9.04. The summed E-state index contributed by atoms with van der Waals surface area (Å²) in [4.78, 5) is 6.42. The highest BCUT2D eigenvalue weighted by molar-refractivity contribution is 5.76. The molecule has 0 amide bonds. The van der Waals surface area contributed by atoms with Gasteiger partial charge < -0.3 is 20.0 Å². The molecule has 0 atom stereocenters. The summed E-state index contributed by atoms with van der Waals surface area (Å²) in [6.07, 6.45) is 0. The maximum absolute atomic E-state index is 9.04. The summed E-state index contributed by atoms with van der Waals surface area (Å²) in [6, 6.07) is 5.38. The summed E-state index contributed by atoms with van der Waals surface area (Å²) in [7, 11) is 1.65. The Morgan fingerprint density at radius 1 is 1.42 bits per heavy atom. The normalized spacial score (nSPS) is 11.5. The van der Waals surface area contributed by atoms with Gasteiger partial charge in [-0.15, -0.1) is 0 Å². The van der Waals surface area contributed by atoms with Crippen molar-refractivity contribution in [3.8, 4) is 0 Å². The molecule has 0 unspecified atom stereocenters. The second-order valence-electron chi connectivity index (χ2n) is 4.33. The molecule has 3 N–H and O–H groups in total. The first-order valence-electron chi connectivity index (χ1n) is 6.20. The van der Waals surface area contributed by atoms with Crippen molar-refractivity contribution in [3.05, 3.63) is 24.1 Å². The van der Waals surface area contributed by atoms with E-state index in [9.17, 15) is 0 Å². The average Bonchev–Trinajstić information content (AvgIpc) is 2.77. The van der Waals surface area contributed by atoms with Gasteiger partial charge in [0.05, 0.1) is 19.8 Å². The van der Waals surface area contributed by atoms with E-state index in [-0.39, 0.29) is 6.61 Å². The second kappa shape index (κ2) is 6.51. The molecular weight excluding hydrogens is 246 g/mol. The fourth-order valence-electron chi connectivity index (χ4n) is 1.88. The minimum atomic E-state index is 0.0941. The summed E-state index contributed by atoms with van der Waals surface area (Å²) >= 11 is 0. The smallest absolute Gasteiger partial charge is 0.209 e. The van der Waals surface area contributed by atoms with Crippen molar-refractivity contribution in [1.29, 1.82) is 0 Å². The molecule has 0 fully saturated rings. The lowest BCUT2D eigenvalue weighted by atomic mass is 10.3. The number of benzene rings is 1. The van der Waals surface area contributed by atoms with E-state index in [2.05, 4.69) is 4.98 Å². The van der Waals surface area contributed by atoms with Gasteiger partial charge in [0.1, 0.15) is 5.52 Å². The lowest BCUT2D eigenvalue weighted by Crippen LogP contribution is -2.29. The van der Waals surface area contributed by atoms with Crippen molar-refractivity contribution >= 4 is 16.8 Å². The molecule has 0 spiro atoms. The fourth-order valence-corrected chi connectivity index (χ4v) is 1.88. The number of hydrogen-bond donors (Lipinski definition) is 2. The van der Waals surface area contributed by atoms with Gasteiger partial charge in [0.2, 0.25) is 5.89 Å². The molecule has 1 aromatic carbocycles. The van der Waals surface area contributed by atoms with Crippen LogP contribution in [-0.4, -0.2) is 48.4 Å². The number of oxazole rings is 1. The number of aliphatic hydroxyl groups excluding tert-OH is 1. The molecule has 0 aliphatic rings. The van der Waals surface area contributed by atoms with Crippen LogP contribution >= 0.6 is 0 Å². The van der Waals surface area contributed by atoms with E-state index in [0.29, 0.717) is 31.3 Å². The van der Waals surface area contributed by atoms with E-state index in [4.69, 9.17) is 20.0 Å². The molecule has 2 aromatic rings. The van der Waals surface area contributed by atoms with Crippen LogP contribution in [0, 0.1) is 0 Å². The van der Waals surface area contributed by atoms with E-state index in [1.807, 2.05) is 11.0 Å². The Kier molecular flexibility index (Phi) is 4.73. The Balaban J connectivity index is 2.09. The minimum absolute atomic E-state index is 0.0941. The molecule has 1 heterocycles. The number of aliphatic hydroxyl groups is 1. The van der Waals surface area contributed by atoms with E-state index in [1.165, 1.54) is 0 Å². The molecule has 0 saturated carbocycles. The summed E-state index contributed by atoms with van der Waals surface area (Å²) in [5.41, 5.74) is 7.85. The first-order valence-corrected chi connectivity index (χ1v) is 6.20.